The van der Waals surface area contributed by atoms with E-state index in [2.05, 4.69) is 20.4 Å². The third-order valence-electron chi connectivity index (χ3n) is 2.98. The molecule has 4 heteroatoms. The molecule has 0 radical (unpaired) electrons. The number of carbonyl (C=O) groups is 2. The molecule has 1 aromatic rings. The maximum absolute atomic E-state index is 12.1. The quantitative estimate of drug-likeness (QED) is 0.413. The van der Waals surface area contributed by atoms with Gasteiger partial charge in [-0.1, -0.05) is 32.6 Å². The molecule has 120 valence electrons. The van der Waals surface area contributed by atoms with Crippen molar-refractivity contribution in [2.24, 2.45) is 5.92 Å². The predicted octanol–water partition coefficient (Wildman–Crippen LogP) is 4.01. The van der Waals surface area contributed by atoms with Crippen molar-refractivity contribution in [2.45, 2.75) is 33.6 Å². The van der Waals surface area contributed by atoms with Crippen LogP contribution in [0.4, 0.5) is 0 Å². The molecular weight excluding hydrogens is 280 g/mol. The number of benzene rings is 1. The standard InChI is InChI=1S/C18H24O4/c1-13(2)8-7-11-21-17(19)15-9-5-6-10-16(15)18(20)22-12-14(3)4/h5-6,9-10,13H,3,7-8,11-12H2,1-2,4H3. The van der Waals surface area contributed by atoms with E-state index in [0.29, 0.717) is 12.5 Å². The van der Waals surface area contributed by atoms with Crippen LogP contribution in [-0.4, -0.2) is 25.2 Å². The first-order valence-corrected chi connectivity index (χ1v) is 7.49. The summed E-state index contributed by atoms with van der Waals surface area (Å²) in [7, 11) is 0. The van der Waals surface area contributed by atoms with E-state index in [-0.39, 0.29) is 17.7 Å². The van der Waals surface area contributed by atoms with E-state index in [1.165, 1.54) is 0 Å². The molecule has 0 saturated heterocycles. The molecule has 0 amide bonds. The topological polar surface area (TPSA) is 52.6 Å². The van der Waals surface area contributed by atoms with Crippen LogP contribution in [0.1, 0.15) is 54.3 Å². The van der Waals surface area contributed by atoms with Gasteiger partial charge in [0.05, 0.1) is 17.7 Å². The molecule has 0 heterocycles. The molecule has 0 fully saturated rings. The fourth-order valence-electron chi connectivity index (χ4n) is 1.84. The smallest absolute Gasteiger partial charge is 0.339 e. The Kier molecular flexibility index (Phi) is 7.37. The summed E-state index contributed by atoms with van der Waals surface area (Å²) in [6, 6.07) is 6.51. The Morgan fingerprint density at radius 1 is 1.09 bits per heavy atom. The average molecular weight is 304 g/mol. The van der Waals surface area contributed by atoms with Crippen molar-refractivity contribution in [1.82, 2.24) is 0 Å². The second-order valence-corrected chi connectivity index (χ2v) is 5.75. The largest absolute Gasteiger partial charge is 0.462 e. The molecule has 0 atom stereocenters. The average Bonchev–Trinajstić information content (AvgIpc) is 2.48. The Bertz CT molecular complexity index is 532. The van der Waals surface area contributed by atoms with Gasteiger partial charge >= 0.3 is 11.9 Å². The van der Waals surface area contributed by atoms with Crippen LogP contribution in [0.3, 0.4) is 0 Å². The van der Waals surface area contributed by atoms with Gasteiger partial charge in [-0.15, -0.1) is 0 Å². The van der Waals surface area contributed by atoms with Crippen LogP contribution in [-0.2, 0) is 9.47 Å². The van der Waals surface area contributed by atoms with Crippen LogP contribution in [0.5, 0.6) is 0 Å². The van der Waals surface area contributed by atoms with Gasteiger partial charge < -0.3 is 9.47 Å². The fraction of sp³-hybridized carbons (Fsp3) is 0.444. The van der Waals surface area contributed by atoms with Crippen molar-refractivity contribution in [2.75, 3.05) is 13.2 Å². The summed E-state index contributed by atoms with van der Waals surface area (Å²) in [5, 5.41) is 0. The summed E-state index contributed by atoms with van der Waals surface area (Å²) in [4.78, 5) is 24.1. The number of ether oxygens (including phenoxy) is 2. The maximum atomic E-state index is 12.1. The van der Waals surface area contributed by atoms with E-state index in [9.17, 15) is 9.59 Å². The van der Waals surface area contributed by atoms with Gasteiger partial charge in [0.15, 0.2) is 0 Å². The fourth-order valence-corrected chi connectivity index (χ4v) is 1.84. The molecule has 1 rings (SSSR count). The van der Waals surface area contributed by atoms with Gasteiger partial charge in [0.25, 0.3) is 0 Å². The van der Waals surface area contributed by atoms with Gasteiger partial charge in [0.1, 0.15) is 6.61 Å². The highest BCUT2D eigenvalue weighted by molar-refractivity contribution is 6.03. The number of hydrogen-bond acceptors (Lipinski definition) is 4. The lowest BCUT2D eigenvalue weighted by Crippen LogP contribution is -2.15. The van der Waals surface area contributed by atoms with E-state index in [0.717, 1.165) is 18.4 Å². The van der Waals surface area contributed by atoms with Crippen molar-refractivity contribution in [1.29, 1.82) is 0 Å². The Hall–Kier alpha value is -2.10. The molecule has 0 aliphatic rings. The highest BCUT2D eigenvalue weighted by Gasteiger charge is 2.18. The van der Waals surface area contributed by atoms with Gasteiger partial charge in [0, 0.05) is 0 Å². The third-order valence-corrected chi connectivity index (χ3v) is 2.98. The van der Waals surface area contributed by atoms with Crippen LogP contribution in [0, 0.1) is 5.92 Å². The SMILES string of the molecule is C=C(C)COC(=O)c1ccccc1C(=O)OCCCC(C)C. The number of hydrogen-bond donors (Lipinski definition) is 0. The summed E-state index contributed by atoms with van der Waals surface area (Å²) >= 11 is 0. The molecule has 0 aromatic heterocycles. The first kappa shape index (κ1) is 18.0. The monoisotopic (exact) mass is 304 g/mol. The van der Waals surface area contributed by atoms with Gasteiger partial charge in [-0.25, -0.2) is 9.59 Å². The first-order chi connectivity index (χ1) is 10.4. The summed E-state index contributed by atoms with van der Waals surface area (Å²) < 4.78 is 10.3. The summed E-state index contributed by atoms with van der Waals surface area (Å²) in [5.74, 6) is -0.465. The van der Waals surface area contributed by atoms with Crippen LogP contribution >= 0.6 is 0 Å². The van der Waals surface area contributed by atoms with Crippen molar-refractivity contribution in [3.8, 4) is 0 Å². The Labute approximate surface area is 132 Å². The van der Waals surface area contributed by atoms with E-state index >= 15 is 0 Å². The highest BCUT2D eigenvalue weighted by Crippen LogP contribution is 2.13. The Morgan fingerprint density at radius 2 is 1.64 bits per heavy atom. The van der Waals surface area contributed by atoms with Crippen LogP contribution < -0.4 is 0 Å². The highest BCUT2D eigenvalue weighted by atomic mass is 16.5. The molecule has 0 aliphatic carbocycles. The van der Waals surface area contributed by atoms with Crippen molar-refractivity contribution in [3.63, 3.8) is 0 Å². The lowest BCUT2D eigenvalue weighted by Gasteiger charge is -2.10. The van der Waals surface area contributed by atoms with Crippen molar-refractivity contribution >= 4 is 11.9 Å². The van der Waals surface area contributed by atoms with Crippen LogP contribution in [0.25, 0.3) is 0 Å². The summed E-state index contributed by atoms with van der Waals surface area (Å²) in [6.45, 7) is 10.2. The number of rotatable bonds is 8. The minimum absolute atomic E-state index is 0.136. The normalized spacial score (nSPS) is 10.4. The Balaban J connectivity index is 2.67. The zero-order valence-electron chi connectivity index (χ0n) is 13.6. The number of carbonyl (C=O) groups excluding carboxylic acids is 2. The summed E-state index contributed by atoms with van der Waals surface area (Å²) in [6.07, 6.45) is 1.81. The second kappa shape index (κ2) is 9.03. The van der Waals surface area contributed by atoms with Crippen molar-refractivity contribution < 1.29 is 19.1 Å². The van der Waals surface area contributed by atoms with E-state index in [1.807, 2.05) is 0 Å². The molecule has 22 heavy (non-hydrogen) atoms. The molecule has 0 spiro atoms. The van der Waals surface area contributed by atoms with Crippen LogP contribution in [0.2, 0.25) is 0 Å². The van der Waals surface area contributed by atoms with E-state index in [4.69, 9.17) is 9.47 Å². The minimum atomic E-state index is -0.544. The third kappa shape index (κ3) is 6.12. The number of esters is 2. The molecule has 0 bridgehead atoms. The van der Waals surface area contributed by atoms with E-state index < -0.39 is 11.9 Å². The minimum Gasteiger partial charge on any atom is -0.462 e. The lowest BCUT2D eigenvalue weighted by atomic mass is 10.1. The maximum Gasteiger partial charge on any atom is 0.339 e. The molecule has 0 N–H and O–H groups in total. The lowest BCUT2D eigenvalue weighted by molar-refractivity contribution is 0.0465. The van der Waals surface area contributed by atoms with Gasteiger partial charge in [-0.2, -0.15) is 0 Å². The summed E-state index contributed by atoms with van der Waals surface area (Å²) in [5.41, 5.74) is 1.19. The van der Waals surface area contributed by atoms with Crippen LogP contribution in [0.15, 0.2) is 36.4 Å². The first-order valence-electron chi connectivity index (χ1n) is 7.49. The molecule has 0 unspecified atom stereocenters. The Morgan fingerprint density at radius 3 is 2.14 bits per heavy atom. The van der Waals surface area contributed by atoms with Gasteiger partial charge in [-0.3, -0.25) is 0 Å². The van der Waals surface area contributed by atoms with Crippen molar-refractivity contribution in [3.05, 3.63) is 47.5 Å². The zero-order valence-corrected chi connectivity index (χ0v) is 13.6. The molecule has 0 aliphatic heterocycles. The van der Waals surface area contributed by atoms with Gasteiger partial charge in [0.2, 0.25) is 0 Å². The zero-order chi connectivity index (χ0) is 16.5. The molecule has 4 nitrogen and oxygen atoms in total. The predicted molar refractivity (Wildman–Crippen MR) is 85.9 cm³/mol. The van der Waals surface area contributed by atoms with Gasteiger partial charge in [-0.05, 0) is 43.4 Å². The second-order valence-electron chi connectivity index (χ2n) is 5.75. The molecular formula is C18H24O4. The molecule has 0 saturated carbocycles. The molecule has 1 aromatic carbocycles. The van der Waals surface area contributed by atoms with E-state index in [1.54, 1.807) is 31.2 Å².